The van der Waals surface area contributed by atoms with Gasteiger partial charge in [-0.1, -0.05) is 12.6 Å². The molecule has 1 aromatic carbocycles. The molecule has 28 heavy (non-hydrogen) atoms. The number of halogens is 4. The molecule has 0 spiro atoms. The van der Waals surface area contributed by atoms with E-state index in [2.05, 4.69) is 11.6 Å². The zero-order chi connectivity index (χ0) is 20.5. The molecule has 9 heteroatoms. The van der Waals surface area contributed by atoms with Crippen LogP contribution in [0.4, 0.5) is 17.6 Å². The first-order chi connectivity index (χ1) is 13.2. The SMILES string of the molecule is C=CC(=O)N1CCC(C(=O)NC(c2c[nH]c3cccc(F)c23)C(F)(F)F)CC1. The molecule has 2 amide bonds. The molecule has 150 valence electrons. The highest BCUT2D eigenvalue weighted by molar-refractivity contribution is 5.88. The molecule has 0 saturated carbocycles. The van der Waals surface area contributed by atoms with Crippen molar-refractivity contribution in [3.63, 3.8) is 0 Å². The van der Waals surface area contributed by atoms with E-state index >= 15 is 0 Å². The van der Waals surface area contributed by atoms with Gasteiger partial charge in [0.15, 0.2) is 6.04 Å². The number of benzene rings is 1. The van der Waals surface area contributed by atoms with E-state index in [-0.39, 0.29) is 48.3 Å². The largest absolute Gasteiger partial charge is 0.412 e. The summed E-state index contributed by atoms with van der Waals surface area (Å²) >= 11 is 0. The maximum absolute atomic E-state index is 14.1. The number of aromatic amines is 1. The number of rotatable bonds is 4. The van der Waals surface area contributed by atoms with E-state index in [1.54, 1.807) is 0 Å². The van der Waals surface area contributed by atoms with Gasteiger partial charge in [-0.15, -0.1) is 0 Å². The number of hydrogen-bond donors (Lipinski definition) is 2. The van der Waals surface area contributed by atoms with Crippen LogP contribution in [-0.2, 0) is 9.59 Å². The Kier molecular flexibility index (Phi) is 5.44. The summed E-state index contributed by atoms with van der Waals surface area (Å²) < 4.78 is 55.1. The van der Waals surface area contributed by atoms with Crippen molar-refractivity contribution in [1.29, 1.82) is 0 Å². The Morgan fingerprint density at radius 2 is 1.96 bits per heavy atom. The second kappa shape index (κ2) is 7.65. The van der Waals surface area contributed by atoms with Crippen LogP contribution in [-0.4, -0.2) is 41.0 Å². The summed E-state index contributed by atoms with van der Waals surface area (Å²) in [4.78, 5) is 28.2. The van der Waals surface area contributed by atoms with Gasteiger partial charge in [-0.25, -0.2) is 4.39 Å². The van der Waals surface area contributed by atoms with Gasteiger partial charge in [0, 0.05) is 41.7 Å². The zero-order valence-corrected chi connectivity index (χ0v) is 14.9. The van der Waals surface area contributed by atoms with Crippen LogP contribution in [0.2, 0.25) is 0 Å². The van der Waals surface area contributed by atoms with Crippen LogP contribution < -0.4 is 5.32 Å². The second-order valence-corrected chi connectivity index (χ2v) is 6.69. The fourth-order valence-corrected chi connectivity index (χ4v) is 3.48. The molecule has 0 bridgehead atoms. The molecule has 1 aliphatic rings. The molecule has 1 unspecified atom stereocenters. The van der Waals surface area contributed by atoms with Crippen molar-refractivity contribution in [2.45, 2.75) is 25.1 Å². The van der Waals surface area contributed by atoms with Crippen molar-refractivity contribution in [3.05, 3.63) is 48.4 Å². The van der Waals surface area contributed by atoms with Gasteiger partial charge in [0.2, 0.25) is 11.8 Å². The van der Waals surface area contributed by atoms with Gasteiger partial charge >= 0.3 is 6.18 Å². The predicted molar refractivity (Wildman–Crippen MR) is 94.7 cm³/mol. The van der Waals surface area contributed by atoms with Crippen LogP contribution in [0.25, 0.3) is 10.9 Å². The molecule has 0 radical (unpaired) electrons. The smallest absolute Gasteiger partial charge is 0.361 e. The van der Waals surface area contributed by atoms with Crippen LogP contribution in [0.15, 0.2) is 37.1 Å². The highest BCUT2D eigenvalue weighted by Gasteiger charge is 2.44. The van der Waals surface area contributed by atoms with Crippen molar-refractivity contribution in [2.75, 3.05) is 13.1 Å². The first-order valence-electron chi connectivity index (χ1n) is 8.76. The fourth-order valence-electron chi connectivity index (χ4n) is 3.48. The summed E-state index contributed by atoms with van der Waals surface area (Å²) in [7, 11) is 0. The van der Waals surface area contributed by atoms with Gasteiger partial charge in [-0.3, -0.25) is 9.59 Å². The first-order valence-corrected chi connectivity index (χ1v) is 8.76. The van der Waals surface area contributed by atoms with Gasteiger partial charge < -0.3 is 15.2 Å². The van der Waals surface area contributed by atoms with Crippen LogP contribution in [0.1, 0.15) is 24.4 Å². The number of fused-ring (bicyclic) bond motifs is 1. The quantitative estimate of drug-likeness (QED) is 0.613. The predicted octanol–water partition coefficient (Wildman–Crippen LogP) is 3.45. The minimum atomic E-state index is -4.80. The molecule has 1 saturated heterocycles. The number of aromatic nitrogens is 1. The number of amides is 2. The van der Waals surface area contributed by atoms with Crippen LogP contribution in [0, 0.1) is 11.7 Å². The highest BCUT2D eigenvalue weighted by atomic mass is 19.4. The van der Waals surface area contributed by atoms with Gasteiger partial charge in [0.25, 0.3) is 0 Å². The number of carbonyl (C=O) groups excluding carboxylic acids is 2. The molecule has 2 heterocycles. The van der Waals surface area contributed by atoms with E-state index in [0.29, 0.717) is 0 Å². The minimum Gasteiger partial charge on any atom is -0.361 e. The molecule has 1 atom stereocenters. The third-order valence-electron chi connectivity index (χ3n) is 4.96. The van der Waals surface area contributed by atoms with E-state index in [1.165, 1.54) is 17.0 Å². The normalized spacial score (nSPS) is 16.8. The average molecular weight is 397 g/mol. The zero-order valence-electron chi connectivity index (χ0n) is 14.9. The lowest BCUT2D eigenvalue weighted by Gasteiger charge is -2.32. The maximum atomic E-state index is 14.1. The molecule has 0 aliphatic carbocycles. The Labute approximate surface area is 158 Å². The Hall–Kier alpha value is -2.84. The number of piperidine rings is 1. The van der Waals surface area contributed by atoms with Crippen LogP contribution in [0.5, 0.6) is 0 Å². The summed E-state index contributed by atoms with van der Waals surface area (Å²) in [5.74, 6) is -2.50. The molecule has 1 aromatic heterocycles. The molecular formula is C19H19F4N3O2. The Morgan fingerprint density at radius 3 is 2.57 bits per heavy atom. The van der Waals surface area contributed by atoms with Gasteiger partial charge in [0.1, 0.15) is 5.82 Å². The molecule has 1 aliphatic heterocycles. The molecule has 2 N–H and O–H groups in total. The number of alkyl halides is 3. The van der Waals surface area contributed by atoms with E-state index in [9.17, 15) is 27.2 Å². The lowest BCUT2D eigenvalue weighted by Crippen LogP contribution is -2.45. The van der Waals surface area contributed by atoms with Crippen molar-refractivity contribution >= 4 is 22.7 Å². The van der Waals surface area contributed by atoms with Gasteiger partial charge in [-0.05, 0) is 31.1 Å². The second-order valence-electron chi connectivity index (χ2n) is 6.69. The summed E-state index contributed by atoms with van der Waals surface area (Å²) in [6, 6.07) is 1.58. The monoisotopic (exact) mass is 397 g/mol. The van der Waals surface area contributed by atoms with E-state index in [1.807, 2.05) is 5.32 Å². The lowest BCUT2D eigenvalue weighted by atomic mass is 9.94. The van der Waals surface area contributed by atoms with Crippen molar-refractivity contribution < 1.29 is 27.2 Å². The third-order valence-corrected chi connectivity index (χ3v) is 4.96. The number of hydrogen-bond acceptors (Lipinski definition) is 2. The van der Waals surface area contributed by atoms with Gasteiger partial charge in [-0.2, -0.15) is 13.2 Å². The Morgan fingerprint density at radius 1 is 1.29 bits per heavy atom. The van der Waals surface area contributed by atoms with Crippen LogP contribution in [0.3, 0.4) is 0 Å². The van der Waals surface area contributed by atoms with Gasteiger partial charge in [0.05, 0.1) is 0 Å². The summed E-state index contributed by atoms with van der Waals surface area (Å²) in [6.07, 6.45) is -2.08. The van der Waals surface area contributed by atoms with E-state index in [0.717, 1.165) is 18.3 Å². The maximum Gasteiger partial charge on any atom is 0.412 e. The Bertz CT molecular complexity index is 898. The standard InChI is InChI=1S/C19H19F4N3O2/c1-2-15(27)26-8-6-11(7-9-26)18(28)25-17(19(21,22)23)12-10-24-14-5-3-4-13(20)16(12)14/h2-5,10-11,17,24H,1,6-9H2,(H,25,28). The molecule has 1 fully saturated rings. The number of nitrogens with one attached hydrogen (secondary N) is 2. The van der Waals surface area contributed by atoms with Crippen LogP contribution >= 0.6 is 0 Å². The highest BCUT2D eigenvalue weighted by Crippen LogP contribution is 2.37. The van der Waals surface area contributed by atoms with E-state index < -0.39 is 29.9 Å². The summed E-state index contributed by atoms with van der Waals surface area (Å²) in [5, 5.41) is 1.83. The molecule has 3 rings (SSSR count). The molecule has 5 nitrogen and oxygen atoms in total. The number of likely N-dealkylation sites (tertiary alicyclic amines) is 1. The van der Waals surface area contributed by atoms with Crippen molar-refractivity contribution in [3.8, 4) is 0 Å². The minimum absolute atomic E-state index is 0.198. The summed E-state index contributed by atoms with van der Waals surface area (Å²) in [6.45, 7) is 3.92. The number of nitrogens with zero attached hydrogens (tertiary/aromatic N) is 1. The molecular weight excluding hydrogens is 378 g/mol. The summed E-state index contributed by atoms with van der Waals surface area (Å²) in [5.41, 5.74) is -0.150. The average Bonchev–Trinajstić information content (AvgIpc) is 3.09. The fraction of sp³-hybridized carbons (Fsp3) is 0.368. The van der Waals surface area contributed by atoms with Crippen molar-refractivity contribution in [1.82, 2.24) is 15.2 Å². The topological polar surface area (TPSA) is 65.2 Å². The third kappa shape index (κ3) is 3.88. The Balaban J connectivity index is 1.80. The lowest BCUT2D eigenvalue weighted by molar-refractivity contribution is -0.164. The first kappa shape index (κ1) is 19.9. The van der Waals surface area contributed by atoms with E-state index in [4.69, 9.17) is 0 Å². The van der Waals surface area contributed by atoms with Crippen molar-refractivity contribution in [2.24, 2.45) is 5.92 Å². The number of H-pyrrole nitrogens is 1. The number of carbonyl (C=O) groups is 2. The molecule has 2 aromatic rings.